The molecule has 3 aromatic rings. The summed E-state index contributed by atoms with van der Waals surface area (Å²) in [4.78, 5) is 1.91. The van der Waals surface area contributed by atoms with Crippen LogP contribution in [0.25, 0.3) is 0 Å². The summed E-state index contributed by atoms with van der Waals surface area (Å²) in [7, 11) is 0. The highest BCUT2D eigenvalue weighted by molar-refractivity contribution is 5.35. The second kappa shape index (κ2) is 8.07. The monoisotopic (exact) mass is 438 g/mol. The number of aromatic nitrogens is 1. The van der Waals surface area contributed by atoms with Crippen molar-refractivity contribution >= 4 is 0 Å². The molecule has 31 heavy (non-hydrogen) atoms. The number of nitrogens with zero attached hydrogens (tertiary/aromatic N) is 2. The zero-order chi connectivity index (χ0) is 22.2. The van der Waals surface area contributed by atoms with Crippen LogP contribution in [0.1, 0.15) is 40.4 Å². The molecule has 1 aliphatic heterocycles. The Balaban J connectivity index is 1.75. The van der Waals surface area contributed by atoms with Gasteiger partial charge in [0, 0.05) is 31.5 Å². The Hall–Kier alpha value is -2.74. The number of fused-ring (bicyclic) bond motifs is 1. The summed E-state index contributed by atoms with van der Waals surface area (Å²) in [5.41, 5.74) is 0.156. The Morgan fingerprint density at radius 2 is 1.48 bits per heavy atom. The van der Waals surface area contributed by atoms with Crippen LogP contribution in [0.4, 0.5) is 26.3 Å². The third kappa shape index (κ3) is 4.49. The van der Waals surface area contributed by atoms with Crippen LogP contribution < -0.4 is 0 Å². The van der Waals surface area contributed by atoms with Gasteiger partial charge >= 0.3 is 12.4 Å². The van der Waals surface area contributed by atoms with E-state index in [1.807, 2.05) is 27.8 Å². The SMILES string of the molecule is FC(F)(F)c1ccc([C@@H]2c3cccn3CCCN2Cc2ccccc2C(F)(F)F)cc1. The number of rotatable bonds is 3. The fourth-order valence-electron chi connectivity index (χ4n) is 4.20. The van der Waals surface area contributed by atoms with Crippen LogP contribution in [0.3, 0.4) is 0 Å². The van der Waals surface area contributed by atoms with Crippen molar-refractivity contribution in [1.29, 1.82) is 0 Å². The maximum absolute atomic E-state index is 13.5. The molecular weight excluding hydrogens is 418 g/mol. The Labute approximate surface area is 175 Å². The van der Waals surface area contributed by atoms with E-state index in [0.717, 1.165) is 23.9 Å². The summed E-state index contributed by atoms with van der Waals surface area (Å²) in [6, 6.07) is 13.6. The Morgan fingerprint density at radius 1 is 0.774 bits per heavy atom. The maximum Gasteiger partial charge on any atom is 0.416 e. The average Bonchev–Trinajstić information content (AvgIpc) is 3.08. The average molecular weight is 438 g/mol. The van der Waals surface area contributed by atoms with Crippen LogP contribution in [0.15, 0.2) is 66.9 Å². The lowest BCUT2D eigenvalue weighted by Crippen LogP contribution is -2.30. The van der Waals surface area contributed by atoms with Crippen LogP contribution in [-0.2, 0) is 25.4 Å². The van der Waals surface area contributed by atoms with Crippen molar-refractivity contribution in [3.05, 3.63) is 94.8 Å². The van der Waals surface area contributed by atoms with Gasteiger partial charge < -0.3 is 4.57 Å². The number of aryl methyl sites for hydroxylation is 1. The number of alkyl halides is 6. The molecule has 0 fully saturated rings. The lowest BCUT2D eigenvalue weighted by Gasteiger charge is -2.31. The van der Waals surface area contributed by atoms with Gasteiger partial charge in [-0.3, -0.25) is 4.90 Å². The molecule has 2 heterocycles. The van der Waals surface area contributed by atoms with Crippen molar-refractivity contribution < 1.29 is 26.3 Å². The lowest BCUT2D eigenvalue weighted by atomic mass is 9.98. The summed E-state index contributed by atoms with van der Waals surface area (Å²) in [5, 5.41) is 0. The molecule has 0 bridgehead atoms. The van der Waals surface area contributed by atoms with E-state index in [1.165, 1.54) is 24.3 Å². The van der Waals surface area contributed by atoms with E-state index < -0.39 is 29.5 Å². The van der Waals surface area contributed by atoms with Crippen molar-refractivity contribution in [2.45, 2.75) is 37.9 Å². The molecule has 0 saturated heterocycles. The van der Waals surface area contributed by atoms with Gasteiger partial charge in [-0.05, 0) is 47.9 Å². The summed E-state index contributed by atoms with van der Waals surface area (Å²) in [6.07, 6.45) is -6.33. The third-order valence-electron chi connectivity index (χ3n) is 5.60. The van der Waals surface area contributed by atoms with E-state index in [9.17, 15) is 26.3 Å². The van der Waals surface area contributed by atoms with Crippen molar-refractivity contribution in [3.63, 3.8) is 0 Å². The van der Waals surface area contributed by atoms with Crippen LogP contribution in [0, 0.1) is 0 Å². The second-order valence-electron chi connectivity index (χ2n) is 7.63. The predicted molar refractivity (Wildman–Crippen MR) is 104 cm³/mol. The van der Waals surface area contributed by atoms with Gasteiger partial charge in [-0.1, -0.05) is 30.3 Å². The number of hydrogen-bond donors (Lipinski definition) is 0. The fourth-order valence-corrected chi connectivity index (χ4v) is 4.20. The van der Waals surface area contributed by atoms with Gasteiger partial charge in [0.25, 0.3) is 0 Å². The van der Waals surface area contributed by atoms with Crippen molar-refractivity contribution in [2.75, 3.05) is 6.54 Å². The minimum Gasteiger partial charge on any atom is -0.350 e. The molecule has 0 N–H and O–H groups in total. The van der Waals surface area contributed by atoms with Gasteiger partial charge in [0.1, 0.15) is 0 Å². The summed E-state index contributed by atoms with van der Waals surface area (Å²) in [5.74, 6) is 0. The van der Waals surface area contributed by atoms with Crippen LogP contribution in [-0.4, -0.2) is 16.0 Å². The van der Waals surface area contributed by atoms with Gasteiger partial charge in [-0.25, -0.2) is 0 Å². The zero-order valence-corrected chi connectivity index (χ0v) is 16.4. The molecule has 8 heteroatoms. The normalized spacial score (nSPS) is 17.9. The highest BCUT2D eigenvalue weighted by Crippen LogP contribution is 2.38. The molecule has 0 amide bonds. The topological polar surface area (TPSA) is 8.17 Å². The predicted octanol–water partition coefficient (Wildman–Crippen LogP) is 6.52. The molecule has 1 aliphatic rings. The molecule has 0 radical (unpaired) electrons. The molecule has 4 rings (SSSR count). The van der Waals surface area contributed by atoms with E-state index >= 15 is 0 Å². The second-order valence-corrected chi connectivity index (χ2v) is 7.63. The largest absolute Gasteiger partial charge is 0.416 e. The fraction of sp³-hybridized carbons (Fsp3) is 0.304. The number of halogens is 6. The molecule has 1 atom stereocenters. The first-order valence-electron chi connectivity index (χ1n) is 9.86. The molecular formula is C23H20F6N2. The molecule has 0 unspecified atom stereocenters. The van der Waals surface area contributed by atoms with E-state index in [1.54, 1.807) is 6.07 Å². The van der Waals surface area contributed by atoms with Crippen molar-refractivity contribution in [3.8, 4) is 0 Å². The number of hydrogen-bond acceptors (Lipinski definition) is 1. The van der Waals surface area contributed by atoms with E-state index in [4.69, 9.17) is 0 Å². The molecule has 2 aromatic carbocycles. The molecule has 2 nitrogen and oxygen atoms in total. The first-order chi connectivity index (χ1) is 14.6. The van der Waals surface area contributed by atoms with Crippen molar-refractivity contribution in [2.24, 2.45) is 0 Å². The molecule has 0 aliphatic carbocycles. The molecule has 1 aromatic heterocycles. The zero-order valence-electron chi connectivity index (χ0n) is 16.4. The van der Waals surface area contributed by atoms with E-state index in [2.05, 4.69) is 0 Å². The Morgan fingerprint density at radius 3 is 2.16 bits per heavy atom. The van der Waals surface area contributed by atoms with Crippen LogP contribution in [0.2, 0.25) is 0 Å². The number of benzene rings is 2. The highest BCUT2D eigenvalue weighted by atomic mass is 19.4. The van der Waals surface area contributed by atoms with E-state index in [-0.39, 0.29) is 12.1 Å². The first kappa shape index (κ1) is 21.5. The Bertz CT molecular complexity index is 1030. The molecule has 0 saturated carbocycles. The van der Waals surface area contributed by atoms with Gasteiger partial charge in [0.2, 0.25) is 0 Å². The highest BCUT2D eigenvalue weighted by Gasteiger charge is 2.35. The standard InChI is InChI=1S/C23H20F6N2/c24-22(25,26)18-10-8-16(9-11-18)21-20-7-3-12-30(20)13-4-14-31(21)15-17-5-1-2-6-19(17)23(27,28)29/h1-3,5-12,21H,4,13-15H2/t21-/m1/s1. The van der Waals surface area contributed by atoms with E-state index in [0.29, 0.717) is 25.1 Å². The summed E-state index contributed by atoms with van der Waals surface area (Å²) in [6.45, 7) is 1.24. The van der Waals surface area contributed by atoms with Crippen molar-refractivity contribution in [1.82, 2.24) is 9.47 Å². The minimum absolute atomic E-state index is 0.0343. The maximum atomic E-state index is 13.5. The van der Waals surface area contributed by atoms with Crippen LogP contribution >= 0.6 is 0 Å². The van der Waals surface area contributed by atoms with Gasteiger partial charge in [-0.15, -0.1) is 0 Å². The summed E-state index contributed by atoms with van der Waals surface area (Å²) < 4.78 is 81.6. The van der Waals surface area contributed by atoms with Crippen LogP contribution in [0.5, 0.6) is 0 Å². The molecule has 0 spiro atoms. The van der Waals surface area contributed by atoms with Gasteiger partial charge in [0.05, 0.1) is 17.2 Å². The first-order valence-corrected chi connectivity index (χ1v) is 9.86. The lowest BCUT2D eigenvalue weighted by molar-refractivity contribution is -0.139. The smallest absolute Gasteiger partial charge is 0.350 e. The minimum atomic E-state index is -4.48. The summed E-state index contributed by atoms with van der Waals surface area (Å²) >= 11 is 0. The van der Waals surface area contributed by atoms with Gasteiger partial charge in [-0.2, -0.15) is 26.3 Å². The third-order valence-corrected chi connectivity index (χ3v) is 5.60. The Kier molecular flexibility index (Phi) is 5.60. The molecule has 164 valence electrons. The van der Waals surface area contributed by atoms with Gasteiger partial charge in [0.15, 0.2) is 0 Å². The quantitative estimate of drug-likeness (QED) is 0.423.